The molecule has 0 saturated carbocycles. The second kappa shape index (κ2) is 19.4. The lowest BCUT2D eigenvalue weighted by atomic mass is 10.1. The molecular formula is C48H35N7O6. The van der Waals surface area contributed by atoms with E-state index < -0.39 is 23.8 Å². The van der Waals surface area contributed by atoms with Crippen LogP contribution in [-0.2, 0) is 38.8 Å². The summed E-state index contributed by atoms with van der Waals surface area (Å²) < 4.78 is 3.15. The van der Waals surface area contributed by atoms with E-state index in [0.29, 0.717) is 40.1 Å². The molecule has 5 aromatic carbocycles. The lowest BCUT2D eigenvalue weighted by molar-refractivity contribution is -0.138. The molecule has 2 amide bonds. The Labute approximate surface area is 349 Å². The molecule has 0 fully saturated rings. The van der Waals surface area contributed by atoms with Crippen molar-refractivity contribution in [2.24, 2.45) is 0 Å². The highest BCUT2D eigenvalue weighted by atomic mass is 16.4. The van der Waals surface area contributed by atoms with Crippen LogP contribution in [0.4, 0.5) is 11.4 Å². The van der Waals surface area contributed by atoms with Crippen molar-refractivity contribution in [3.8, 4) is 18.2 Å². The van der Waals surface area contributed by atoms with Crippen molar-refractivity contribution in [1.82, 2.24) is 9.13 Å². The molecule has 0 bridgehead atoms. The van der Waals surface area contributed by atoms with Crippen molar-refractivity contribution in [2.75, 3.05) is 10.2 Å². The summed E-state index contributed by atoms with van der Waals surface area (Å²) in [5, 5.41) is 50.6. The van der Waals surface area contributed by atoms with Crippen LogP contribution in [0.25, 0.3) is 34.0 Å². The van der Waals surface area contributed by atoms with Gasteiger partial charge in [0.1, 0.15) is 36.4 Å². The molecule has 2 aromatic heterocycles. The largest absolute Gasteiger partial charge is 0.480 e. The van der Waals surface area contributed by atoms with Crippen molar-refractivity contribution in [1.29, 1.82) is 15.8 Å². The molecule has 0 aliphatic heterocycles. The number of carboxylic acid groups (broad SMARTS) is 2. The zero-order valence-corrected chi connectivity index (χ0v) is 32.3. The number of anilines is 2. The fourth-order valence-corrected chi connectivity index (χ4v) is 6.56. The van der Waals surface area contributed by atoms with Crippen LogP contribution in [0.5, 0.6) is 0 Å². The summed E-state index contributed by atoms with van der Waals surface area (Å²) in [7, 11) is 0. The molecule has 0 aliphatic carbocycles. The van der Waals surface area contributed by atoms with E-state index in [1.807, 2.05) is 103 Å². The molecule has 0 saturated heterocycles. The van der Waals surface area contributed by atoms with Crippen LogP contribution in [0.2, 0.25) is 0 Å². The fourth-order valence-electron chi connectivity index (χ4n) is 6.56. The van der Waals surface area contributed by atoms with E-state index in [0.717, 1.165) is 21.9 Å². The Morgan fingerprint density at radius 2 is 1.08 bits per heavy atom. The van der Waals surface area contributed by atoms with E-state index in [1.54, 1.807) is 75.0 Å². The van der Waals surface area contributed by atoms with Gasteiger partial charge in [-0.25, -0.2) is 0 Å². The van der Waals surface area contributed by atoms with Gasteiger partial charge >= 0.3 is 11.9 Å². The molecule has 13 heteroatoms. The number of carboxylic acids is 2. The number of aliphatic carboxylic acids is 2. The Bertz CT molecular complexity index is 2950. The highest BCUT2D eigenvalue weighted by Gasteiger charge is 2.22. The predicted octanol–water partition coefficient (Wildman–Crippen LogP) is 8.01. The van der Waals surface area contributed by atoms with Gasteiger partial charge in [0.2, 0.25) is 0 Å². The van der Waals surface area contributed by atoms with Crippen LogP contribution < -0.4 is 10.2 Å². The highest BCUT2D eigenvalue weighted by Crippen LogP contribution is 2.27. The van der Waals surface area contributed by atoms with Crippen LogP contribution in [0.15, 0.2) is 157 Å². The van der Waals surface area contributed by atoms with Crippen LogP contribution in [-0.4, -0.2) is 43.1 Å². The zero-order chi connectivity index (χ0) is 43.3. The van der Waals surface area contributed by atoms with Gasteiger partial charge in [0.25, 0.3) is 11.8 Å². The summed E-state index contributed by atoms with van der Waals surface area (Å²) in [6.45, 7) is -0.133. The van der Waals surface area contributed by atoms with Crippen LogP contribution in [0, 0.1) is 34.0 Å². The van der Waals surface area contributed by atoms with Gasteiger partial charge in [-0.05, 0) is 66.2 Å². The first-order valence-corrected chi connectivity index (χ1v) is 18.6. The number of hydrogen-bond donors (Lipinski definition) is 3. The molecule has 2 heterocycles. The number of nitriles is 3. The monoisotopic (exact) mass is 805 g/mol. The summed E-state index contributed by atoms with van der Waals surface area (Å²) in [5.41, 5.74) is 4.98. The second-order valence-electron chi connectivity index (χ2n) is 13.4. The smallest absolute Gasteiger partial charge is 0.323 e. The number of rotatable bonds is 12. The molecule has 7 rings (SSSR count). The van der Waals surface area contributed by atoms with Crippen molar-refractivity contribution in [2.45, 2.75) is 19.6 Å². The van der Waals surface area contributed by atoms with Gasteiger partial charge in [-0.2, -0.15) is 15.8 Å². The first-order chi connectivity index (χ1) is 29.6. The maximum absolute atomic E-state index is 13.5. The number of carbonyl (C=O) groups is 4. The van der Waals surface area contributed by atoms with E-state index >= 15 is 0 Å². The van der Waals surface area contributed by atoms with Crippen molar-refractivity contribution in [3.05, 3.63) is 179 Å². The third kappa shape index (κ3) is 10.3. The minimum atomic E-state index is -0.990. The Kier molecular flexibility index (Phi) is 13.3. The van der Waals surface area contributed by atoms with Gasteiger partial charge in [-0.3, -0.25) is 19.2 Å². The number of carbonyl (C=O) groups excluding carboxylic acids is 2. The summed E-state index contributed by atoms with van der Waals surface area (Å²) >= 11 is 0. The van der Waals surface area contributed by atoms with E-state index in [-0.39, 0.29) is 24.2 Å². The molecular weight excluding hydrogens is 771 g/mol. The molecule has 0 radical (unpaired) electrons. The van der Waals surface area contributed by atoms with Gasteiger partial charge < -0.3 is 29.6 Å². The summed E-state index contributed by atoms with van der Waals surface area (Å²) in [6, 6.07) is 45.4. The number of aromatic nitrogens is 2. The molecule has 13 nitrogen and oxygen atoms in total. The molecule has 0 atom stereocenters. The predicted molar refractivity (Wildman–Crippen MR) is 230 cm³/mol. The first-order valence-electron chi connectivity index (χ1n) is 18.6. The third-order valence-corrected chi connectivity index (χ3v) is 9.33. The number of nitrogens with zero attached hydrogens (tertiary/aromatic N) is 6. The molecule has 0 spiro atoms. The number of amides is 2. The van der Waals surface area contributed by atoms with Crippen LogP contribution in [0.1, 0.15) is 22.3 Å². The minimum absolute atomic E-state index is 0.0342. The van der Waals surface area contributed by atoms with Crippen molar-refractivity contribution in [3.63, 3.8) is 0 Å². The first kappa shape index (κ1) is 41.6. The number of hydrogen-bond acceptors (Lipinski definition) is 7. The number of benzene rings is 5. The van der Waals surface area contributed by atoms with E-state index in [9.17, 15) is 34.8 Å². The SMILES string of the molecule is N#C/C(=C\c1cn(CC(=O)O)c2ccccc12)C(=O)N(Cc1ccccc1)c1ccccc1.N#C/C(=C\c1cn(CC(=O)O)c2ccccc12)C(=O)Nc1ccc(C#N)cc1. The molecule has 3 N–H and O–H groups in total. The fraction of sp³-hybridized carbons (Fsp3) is 0.0625. The quantitative estimate of drug-likeness (QED) is 0.0807. The van der Waals surface area contributed by atoms with Gasteiger partial charge in [-0.15, -0.1) is 0 Å². The Balaban J connectivity index is 0.000000207. The normalized spacial score (nSPS) is 11.0. The average Bonchev–Trinajstić information content (AvgIpc) is 3.80. The Morgan fingerprint density at radius 3 is 1.57 bits per heavy atom. The molecule has 0 aliphatic rings. The van der Waals surface area contributed by atoms with Gasteiger partial charge in [0.05, 0.1) is 18.2 Å². The number of para-hydroxylation sites is 3. The molecule has 7 aromatic rings. The standard InChI is InChI=1S/C27H21N3O3.C21H14N4O3/c28-16-21(15-22-18-29(19-26(31)32)25-14-8-7-13-24(22)25)27(33)30(23-11-5-2-6-12-23)17-20-9-3-1-4-10-20;22-10-14-5-7-17(8-6-14)24-21(28)15(11-23)9-16-12-25(13-20(26)27)19-4-2-1-3-18(16)19/h1-15,18H,17,19H2,(H,31,32);1-9,12H,13H2,(H,24,28)(H,26,27)/b21-15+;15-9+. The van der Waals surface area contributed by atoms with Gasteiger partial charge in [0.15, 0.2) is 0 Å². The van der Waals surface area contributed by atoms with Gasteiger partial charge in [-0.1, -0.05) is 84.9 Å². The lowest BCUT2D eigenvalue weighted by Crippen LogP contribution is -2.31. The third-order valence-electron chi connectivity index (χ3n) is 9.33. The van der Waals surface area contributed by atoms with E-state index in [1.165, 1.54) is 12.2 Å². The van der Waals surface area contributed by atoms with Crippen LogP contribution >= 0.6 is 0 Å². The average molecular weight is 806 g/mol. The molecule has 61 heavy (non-hydrogen) atoms. The maximum Gasteiger partial charge on any atom is 0.323 e. The summed E-state index contributed by atoms with van der Waals surface area (Å²) in [4.78, 5) is 49.9. The number of nitrogens with one attached hydrogen (secondary N) is 1. The number of fused-ring (bicyclic) bond motifs is 2. The Morgan fingerprint density at radius 1 is 0.607 bits per heavy atom. The maximum atomic E-state index is 13.5. The summed E-state index contributed by atoms with van der Waals surface area (Å²) in [5.74, 6) is -2.98. The van der Waals surface area contributed by atoms with Gasteiger partial charge in [0, 0.05) is 56.7 Å². The Hall–Kier alpha value is -8.99. The molecule has 0 unspecified atom stereocenters. The highest BCUT2D eigenvalue weighted by molar-refractivity contribution is 6.12. The second-order valence-corrected chi connectivity index (χ2v) is 13.4. The van der Waals surface area contributed by atoms with Crippen LogP contribution in [0.3, 0.4) is 0 Å². The summed E-state index contributed by atoms with van der Waals surface area (Å²) in [6.07, 6.45) is 6.22. The zero-order valence-electron chi connectivity index (χ0n) is 32.3. The van der Waals surface area contributed by atoms with E-state index in [2.05, 4.69) is 5.32 Å². The topological polar surface area (TPSA) is 205 Å². The lowest BCUT2D eigenvalue weighted by Gasteiger charge is -2.22. The van der Waals surface area contributed by atoms with Crippen molar-refractivity contribution >= 4 is 69.1 Å². The minimum Gasteiger partial charge on any atom is -0.480 e. The molecule has 298 valence electrons. The van der Waals surface area contributed by atoms with Crippen molar-refractivity contribution < 1.29 is 29.4 Å². The van der Waals surface area contributed by atoms with E-state index in [4.69, 9.17) is 10.4 Å².